The fraction of sp³-hybridized carbons (Fsp3) is 0.417. The molecule has 0 aliphatic heterocycles. The quantitative estimate of drug-likeness (QED) is 0.694. The summed E-state index contributed by atoms with van der Waals surface area (Å²) in [6.45, 7) is 5.58. The molecule has 1 rings (SSSR count). The largest absolute Gasteiger partial charge is 0.389 e. The molecule has 0 radical (unpaired) electrons. The standard InChI is InChI=1S/C12H18N4OS/c1-7(2)15-12(17)8(3)16-11-9(10(13)18)5-4-6-14-11/h4-8H,1-3H3,(H2,13,18)(H,14,16)(H,15,17). The SMILES string of the molecule is CC(C)NC(=O)C(C)Nc1ncccc1C(N)=S. The molecule has 0 bridgehead atoms. The Balaban J connectivity index is 2.78. The summed E-state index contributed by atoms with van der Waals surface area (Å²) in [7, 11) is 0. The molecule has 0 saturated heterocycles. The molecular formula is C12H18N4OS. The predicted molar refractivity (Wildman–Crippen MR) is 76.5 cm³/mol. The van der Waals surface area contributed by atoms with Crippen LogP contribution in [-0.2, 0) is 4.79 Å². The van der Waals surface area contributed by atoms with Crippen LogP contribution in [0.1, 0.15) is 26.3 Å². The van der Waals surface area contributed by atoms with Gasteiger partial charge in [0.05, 0.1) is 5.56 Å². The highest BCUT2D eigenvalue weighted by Gasteiger charge is 2.16. The molecule has 18 heavy (non-hydrogen) atoms. The predicted octanol–water partition coefficient (Wildman–Crippen LogP) is 1.04. The lowest BCUT2D eigenvalue weighted by Gasteiger charge is -2.17. The second kappa shape index (κ2) is 6.30. The number of pyridine rings is 1. The average Bonchev–Trinajstić information content (AvgIpc) is 2.28. The second-order valence-electron chi connectivity index (χ2n) is 4.29. The number of aromatic nitrogens is 1. The summed E-state index contributed by atoms with van der Waals surface area (Å²) in [6.07, 6.45) is 1.62. The van der Waals surface area contributed by atoms with E-state index in [-0.39, 0.29) is 16.9 Å². The van der Waals surface area contributed by atoms with Gasteiger partial charge in [-0.1, -0.05) is 12.2 Å². The van der Waals surface area contributed by atoms with Crippen molar-refractivity contribution in [2.75, 3.05) is 5.32 Å². The maximum Gasteiger partial charge on any atom is 0.242 e. The number of nitrogens with two attached hydrogens (primary N) is 1. The molecule has 1 amide bonds. The Morgan fingerprint density at radius 3 is 2.67 bits per heavy atom. The van der Waals surface area contributed by atoms with Crippen molar-refractivity contribution >= 4 is 28.9 Å². The Morgan fingerprint density at radius 2 is 2.11 bits per heavy atom. The lowest BCUT2D eigenvalue weighted by atomic mass is 10.2. The number of rotatable bonds is 5. The van der Waals surface area contributed by atoms with Gasteiger partial charge in [-0.25, -0.2) is 4.98 Å². The normalized spacial score (nSPS) is 12.0. The third-order valence-corrected chi connectivity index (χ3v) is 2.47. The van der Waals surface area contributed by atoms with Crippen molar-refractivity contribution in [3.8, 4) is 0 Å². The van der Waals surface area contributed by atoms with Gasteiger partial charge in [0.15, 0.2) is 0 Å². The van der Waals surface area contributed by atoms with Gasteiger partial charge in [0.1, 0.15) is 16.8 Å². The van der Waals surface area contributed by atoms with Gasteiger partial charge in [-0.2, -0.15) is 0 Å². The van der Waals surface area contributed by atoms with Gasteiger partial charge >= 0.3 is 0 Å². The molecule has 6 heteroatoms. The highest BCUT2D eigenvalue weighted by Crippen LogP contribution is 2.12. The molecule has 0 saturated carbocycles. The van der Waals surface area contributed by atoms with Crippen LogP contribution in [0.3, 0.4) is 0 Å². The van der Waals surface area contributed by atoms with Gasteiger partial charge in [0.25, 0.3) is 0 Å². The van der Waals surface area contributed by atoms with Crippen LogP contribution in [-0.4, -0.2) is 28.0 Å². The Hall–Kier alpha value is -1.69. The van der Waals surface area contributed by atoms with E-state index in [1.807, 2.05) is 13.8 Å². The van der Waals surface area contributed by atoms with Crippen LogP contribution in [0.5, 0.6) is 0 Å². The Morgan fingerprint density at radius 1 is 1.44 bits per heavy atom. The highest BCUT2D eigenvalue weighted by atomic mass is 32.1. The molecule has 1 aromatic heterocycles. The van der Waals surface area contributed by atoms with Gasteiger partial charge in [-0.05, 0) is 32.9 Å². The van der Waals surface area contributed by atoms with Gasteiger partial charge in [0, 0.05) is 12.2 Å². The Kier molecular flexibility index (Phi) is 5.03. The molecule has 0 fully saturated rings. The summed E-state index contributed by atoms with van der Waals surface area (Å²) in [5.41, 5.74) is 6.23. The van der Waals surface area contributed by atoms with Crippen molar-refractivity contribution < 1.29 is 4.79 Å². The van der Waals surface area contributed by atoms with Crippen molar-refractivity contribution in [2.24, 2.45) is 5.73 Å². The van der Waals surface area contributed by atoms with E-state index in [2.05, 4.69) is 15.6 Å². The first-order valence-corrected chi connectivity index (χ1v) is 6.14. The molecule has 0 spiro atoms. The lowest BCUT2D eigenvalue weighted by molar-refractivity contribution is -0.122. The molecule has 1 atom stereocenters. The van der Waals surface area contributed by atoms with E-state index in [4.69, 9.17) is 18.0 Å². The Labute approximate surface area is 112 Å². The summed E-state index contributed by atoms with van der Waals surface area (Å²) in [5, 5.41) is 5.82. The molecule has 1 heterocycles. The van der Waals surface area contributed by atoms with Crippen molar-refractivity contribution in [2.45, 2.75) is 32.9 Å². The summed E-state index contributed by atoms with van der Waals surface area (Å²) in [5.74, 6) is 0.431. The number of amides is 1. The van der Waals surface area contributed by atoms with Gasteiger partial charge < -0.3 is 16.4 Å². The van der Waals surface area contributed by atoms with Crippen LogP contribution in [0.2, 0.25) is 0 Å². The van der Waals surface area contributed by atoms with E-state index in [9.17, 15) is 4.79 Å². The zero-order valence-corrected chi connectivity index (χ0v) is 11.5. The first-order chi connectivity index (χ1) is 8.41. The minimum atomic E-state index is -0.407. The number of nitrogens with one attached hydrogen (secondary N) is 2. The van der Waals surface area contributed by atoms with Crippen LogP contribution >= 0.6 is 12.2 Å². The van der Waals surface area contributed by atoms with Gasteiger partial charge in [-0.3, -0.25) is 4.79 Å². The zero-order valence-electron chi connectivity index (χ0n) is 10.7. The molecule has 5 nitrogen and oxygen atoms in total. The summed E-state index contributed by atoms with van der Waals surface area (Å²) < 4.78 is 0. The molecule has 0 aliphatic carbocycles. The van der Waals surface area contributed by atoms with Gasteiger partial charge in [-0.15, -0.1) is 0 Å². The maximum absolute atomic E-state index is 11.8. The molecular weight excluding hydrogens is 248 g/mol. The fourth-order valence-electron chi connectivity index (χ4n) is 1.40. The minimum absolute atomic E-state index is 0.0930. The maximum atomic E-state index is 11.8. The Bertz CT molecular complexity index is 447. The van der Waals surface area contributed by atoms with E-state index < -0.39 is 6.04 Å². The van der Waals surface area contributed by atoms with Crippen LogP contribution < -0.4 is 16.4 Å². The first kappa shape index (κ1) is 14.4. The van der Waals surface area contributed by atoms with Crippen molar-refractivity contribution in [3.63, 3.8) is 0 Å². The third kappa shape index (κ3) is 3.96. The fourth-order valence-corrected chi connectivity index (χ4v) is 1.56. The molecule has 98 valence electrons. The molecule has 4 N–H and O–H groups in total. The average molecular weight is 266 g/mol. The van der Waals surface area contributed by atoms with E-state index in [1.165, 1.54) is 0 Å². The topological polar surface area (TPSA) is 80.0 Å². The number of carbonyl (C=O) groups is 1. The zero-order chi connectivity index (χ0) is 13.7. The van der Waals surface area contributed by atoms with Gasteiger partial charge in [0.2, 0.25) is 5.91 Å². The second-order valence-corrected chi connectivity index (χ2v) is 4.73. The van der Waals surface area contributed by atoms with Crippen molar-refractivity contribution in [1.29, 1.82) is 0 Å². The highest BCUT2D eigenvalue weighted by molar-refractivity contribution is 7.80. The first-order valence-electron chi connectivity index (χ1n) is 5.73. The number of carbonyl (C=O) groups excluding carboxylic acids is 1. The van der Waals surface area contributed by atoms with E-state index in [0.717, 1.165) is 0 Å². The molecule has 0 aliphatic rings. The number of anilines is 1. The molecule has 1 unspecified atom stereocenters. The van der Waals surface area contributed by atoms with Crippen LogP contribution in [0, 0.1) is 0 Å². The summed E-state index contributed by atoms with van der Waals surface area (Å²) >= 11 is 4.94. The van der Waals surface area contributed by atoms with Crippen LogP contribution in [0.4, 0.5) is 5.82 Å². The monoisotopic (exact) mass is 266 g/mol. The smallest absolute Gasteiger partial charge is 0.242 e. The summed E-state index contributed by atoms with van der Waals surface area (Å²) in [6, 6.07) is 3.21. The number of hydrogen-bond donors (Lipinski definition) is 3. The number of hydrogen-bond acceptors (Lipinski definition) is 4. The van der Waals surface area contributed by atoms with Crippen molar-refractivity contribution in [1.82, 2.24) is 10.3 Å². The lowest BCUT2D eigenvalue weighted by Crippen LogP contribution is -2.41. The number of thiocarbonyl (C=S) groups is 1. The third-order valence-electron chi connectivity index (χ3n) is 2.25. The van der Waals surface area contributed by atoms with Crippen LogP contribution in [0.25, 0.3) is 0 Å². The number of nitrogens with zero attached hydrogens (tertiary/aromatic N) is 1. The molecule has 0 aromatic carbocycles. The van der Waals surface area contributed by atoms with Crippen LogP contribution in [0.15, 0.2) is 18.3 Å². The van der Waals surface area contributed by atoms with Crippen molar-refractivity contribution in [3.05, 3.63) is 23.9 Å². The van der Waals surface area contributed by atoms with E-state index in [1.54, 1.807) is 25.3 Å². The van der Waals surface area contributed by atoms with E-state index >= 15 is 0 Å². The molecule has 1 aromatic rings. The minimum Gasteiger partial charge on any atom is -0.389 e. The summed E-state index contributed by atoms with van der Waals surface area (Å²) in [4.78, 5) is 16.2. The van der Waals surface area contributed by atoms with E-state index in [0.29, 0.717) is 11.4 Å².